The number of rotatable bonds is 7. The number of carbonyl (C=O) groups is 1. The molecule has 0 unspecified atom stereocenters. The Hall–Kier alpha value is -3.13. The van der Waals surface area contributed by atoms with Crippen molar-refractivity contribution >= 4 is 23.8 Å². The number of nitrogens with zero attached hydrogens (tertiary/aromatic N) is 1. The number of hydrogen-bond acceptors (Lipinski definition) is 6. The molecule has 2 atom stereocenters. The zero-order valence-electron chi connectivity index (χ0n) is 18.5. The Bertz CT molecular complexity index is 1150. The van der Waals surface area contributed by atoms with Crippen molar-refractivity contribution in [1.82, 2.24) is 4.90 Å². The summed E-state index contributed by atoms with van der Waals surface area (Å²) in [7, 11) is 1.43. The predicted octanol–water partition coefficient (Wildman–Crippen LogP) is 3.99. The van der Waals surface area contributed by atoms with Gasteiger partial charge in [-0.3, -0.25) is 20.2 Å². The molecule has 1 saturated heterocycles. The summed E-state index contributed by atoms with van der Waals surface area (Å²) in [5, 5.41) is 13.6. The van der Waals surface area contributed by atoms with Crippen LogP contribution < -0.4 is 10.9 Å². The van der Waals surface area contributed by atoms with E-state index < -0.39 is 0 Å². The normalized spacial score (nSPS) is 18.2. The Morgan fingerprint density at radius 1 is 1.09 bits per heavy atom. The molecule has 0 aliphatic carbocycles. The summed E-state index contributed by atoms with van der Waals surface area (Å²) in [6.07, 6.45) is 0. The van der Waals surface area contributed by atoms with E-state index in [9.17, 15) is 4.79 Å². The van der Waals surface area contributed by atoms with E-state index in [2.05, 4.69) is 35.2 Å². The van der Waals surface area contributed by atoms with Crippen molar-refractivity contribution in [3.8, 4) is 11.1 Å². The molecule has 0 bridgehead atoms. The second-order valence-corrected chi connectivity index (χ2v) is 8.96. The number of esters is 1. The van der Waals surface area contributed by atoms with Gasteiger partial charge in [0.05, 0.1) is 13.0 Å². The second-order valence-electron chi connectivity index (χ2n) is 8.28. The first-order valence-electron chi connectivity index (χ1n) is 10.8. The molecular formula is C26H28N4O2S. The molecule has 170 valence electrons. The van der Waals surface area contributed by atoms with Gasteiger partial charge in [0.25, 0.3) is 0 Å². The fourth-order valence-electron chi connectivity index (χ4n) is 4.53. The minimum Gasteiger partial charge on any atom is -0.469 e. The SMILES string of the molecule is COC(=O)[C@H]1CN(Cc2ccc(-c3ccccc3SN)cc2)C[C@H]1c1cccc(C(=N)N)c1. The fourth-order valence-corrected chi connectivity index (χ4v) is 5.00. The number of carbonyl (C=O) groups excluding carboxylic acids is 1. The van der Waals surface area contributed by atoms with Crippen LogP contribution in [0.4, 0.5) is 0 Å². The molecule has 4 rings (SSSR count). The van der Waals surface area contributed by atoms with Crippen LogP contribution >= 0.6 is 11.9 Å². The molecule has 6 nitrogen and oxygen atoms in total. The van der Waals surface area contributed by atoms with Gasteiger partial charge in [-0.15, -0.1) is 0 Å². The highest BCUT2D eigenvalue weighted by Crippen LogP contribution is 2.35. The Labute approximate surface area is 198 Å². The standard InChI is InChI=1S/C26H28N4O2S/c1-32-26(31)23-16-30(15-22(23)19-5-4-6-20(13-19)25(27)28)14-17-9-11-18(12-10-17)21-7-2-3-8-24(21)33-29/h2-13,22-23H,14-16,29H2,1H3,(H3,27,28)/t22-,23-/m0/s1. The van der Waals surface area contributed by atoms with Crippen LogP contribution in [0, 0.1) is 11.3 Å². The molecule has 5 N–H and O–H groups in total. The summed E-state index contributed by atoms with van der Waals surface area (Å²) in [5.41, 5.74) is 10.8. The summed E-state index contributed by atoms with van der Waals surface area (Å²) >= 11 is 1.25. The minimum absolute atomic E-state index is 0.00974. The van der Waals surface area contributed by atoms with Crippen molar-refractivity contribution in [1.29, 1.82) is 5.41 Å². The van der Waals surface area contributed by atoms with Crippen LogP contribution in [0.25, 0.3) is 11.1 Å². The summed E-state index contributed by atoms with van der Waals surface area (Å²) in [5.74, 6) is -0.451. The summed E-state index contributed by atoms with van der Waals surface area (Å²) in [6, 6.07) is 24.2. The molecule has 0 radical (unpaired) electrons. The number of hydrogen-bond donors (Lipinski definition) is 3. The van der Waals surface area contributed by atoms with E-state index in [0.29, 0.717) is 12.1 Å². The Balaban J connectivity index is 1.52. The van der Waals surface area contributed by atoms with Gasteiger partial charge in [-0.1, -0.05) is 60.7 Å². The topological polar surface area (TPSA) is 105 Å². The maximum absolute atomic E-state index is 12.5. The van der Waals surface area contributed by atoms with Gasteiger partial charge in [0.2, 0.25) is 0 Å². The van der Waals surface area contributed by atoms with Crippen molar-refractivity contribution in [2.24, 2.45) is 16.8 Å². The molecule has 0 aromatic heterocycles. The molecule has 7 heteroatoms. The average molecular weight is 461 g/mol. The van der Waals surface area contributed by atoms with Gasteiger partial charge in [0.1, 0.15) is 5.84 Å². The van der Waals surface area contributed by atoms with Gasteiger partial charge in [-0.2, -0.15) is 0 Å². The molecule has 33 heavy (non-hydrogen) atoms. The number of amidine groups is 1. The average Bonchev–Trinajstić information content (AvgIpc) is 3.28. The summed E-state index contributed by atoms with van der Waals surface area (Å²) in [6.45, 7) is 2.09. The quantitative estimate of drug-likeness (QED) is 0.213. The van der Waals surface area contributed by atoms with E-state index in [1.165, 1.54) is 24.6 Å². The number of nitrogen functional groups attached to an aromatic ring is 1. The molecule has 1 heterocycles. The van der Waals surface area contributed by atoms with Gasteiger partial charge in [0.15, 0.2) is 0 Å². The highest BCUT2D eigenvalue weighted by atomic mass is 32.2. The zero-order chi connectivity index (χ0) is 23.4. The Morgan fingerprint density at radius 3 is 2.55 bits per heavy atom. The fraction of sp³-hybridized carbons (Fsp3) is 0.231. The molecule has 1 aliphatic heterocycles. The predicted molar refractivity (Wildman–Crippen MR) is 133 cm³/mol. The van der Waals surface area contributed by atoms with Crippen molar-refractivity contribution in [3.05, 3.63) is 89.5 Å². The van der Waals surface area contributed by atoms with Crippen LogP contribution in [-0.2, 0) is 16.1 Å². The van der Waals surface area contributed by atoms with Crippen molar-refractivity contribution in [2.45, 2.75) is 17.4 Å². The lowest BCUT2D eigenvalue weighted by atomic mass is 9.88. The molecule has 1 aliphatic rings. The Kier molecular flexibility index (Phi) is 7.13. The summed E-state index contributed by atoms with van der Waals surface area (Å²) in [4.78, 5) is 15.9. The van der Waals surface area contributed by atoms with Gasteiger partial charge < -0.3 is 10.5 Å². The third-order valence-corrected chi connectivity index (χ3v) is 6.82. The largest absolute Gasteiger partial charge is 0.469 e. The van der Waals surface area contributed by atoms with Crippen LogP contribution in [0.1, 0.15) is 22.6 Å². The maximum atomic E-state index is 12.5. The number of nitrogens with one attached hydrogen (secondary N) is 1. The van der Waals surface area contributed by atoms with Crippen molar-refractivity contribution in [3.63, 3.8) is 0 Å². The monoisotopic (exact) mass is 460 g/mol. The smallest absolute Gasteiger partial charge is 0.310 e. The number of methoxy groups -OCH3 is 1. The van der Waals surface area contributed by atoms with Gasteiger partial charge >= 0.3 is 5.97 Å². The molecule has 3 aromatic rings. The first-order valence-corrected chi connectivity index (χ1v) is 11.7. The lowest BCUT2D eigenvalue weighted by Gasteiger charge is -2.17. The van der Waals surface area contributed by atoms with Gasteiger partial charge in [0, 0.05) is 36.0 Å². The molecule has 0 saturated carbocycles. The van der Waals surface area contributed by atoms with Crippen LogP contribution in [0.15, 0.2) is 77.7 Å². The first-order chi connectivity index (χ1) is 16.0. The van der Waals surface area contributed by atoms with E-state index in [1.54, 1.807) is 0 Å². The van der Waals surface area contributed by atoms with E-state index in [4.69, 9.17) is 21.0 Å². The molecule has 0 spiro atoms. The Morgan fingerprint density at radius 2 is 1.85 bits per heavy atom. The lowest BCUT2D eigenvalue weighted by Crippen LogP contribution is -2.24. The van der Waals surface area contributed by atoms with Crippen LogP contribution in [0.2, 0.25) is 0 Å². The highest BCUT2D eigenvalue weighted by molar-refractivity contribution is 7.97. The number of ether oxygens (including phenoxy) is 1. The highest BCUT2D eigenvalue weighted by Gasteiger charge is 2.39. The lowest BCUT2D eigenvalue weighted by molar-refractivity contribution is -0.145. The zero-order valence-corrected chi connectivity index (χ0v) is 19.3. The van der Waals surface area contributed by atoms with Crippen molar-refractivity contribution < 1.29 is 9.53 Å². The second kappa shape index (κ2) is 10.2. The van der Waals surface area contributed by atoms with E-state index >= 15 is 0 Å². The minimum atomic E-state index is -0.259. The number of benzene rings is 3. The van der Waals surface area contributed by atoms with Crippen molar-refractivity contribution in [2.75, 3.05) is 20.2 Å². The molecular weight excluding hydrogens is 432 g/mol. The van der Waals surface area contributed by atoms with E-state index in [0.717, 1.165) is 34.7 Å². The van der Waals surface area contributed by atoms with Crippen LogP contribution in [0.5, 0.6) is 0 Å². The van der Waals surface area contributed by atoms with Gasteiger partial charge in [-0.25, -0.2) is 0 Å². The first kappa shape index (κ1) is 23.0. The summed E-state index contributed by atoms with van der Waals surface area (Å²) < 4.78 is 5.10. The van der Waals surface area contributed by atoms with Crippen LogP contribution in [-0.4, -0.2) is 36.9 Å². The molecule has 3 aromatic carbocycles. The van der Waals surface area contributed by atoms with Crippen LogP contribution in [0.3, 0.4) is 0 Å². The number of likely N-dealkylation sites (tertiary alicyclic amines) is 1. The van der Waals surface area contributed by atoms with E-state index in [-0.39, 0.29) is 23.6 Å². The van der Waals surface area contributed by atoms with E-state index in [1.807, 2.05) is 42.5 Å². The molecule has 1 fully saturated rings. The third kappa shape index (κ3) is 5.11. The molecule has 0 amide bonds. The maximum Gasteiger partial charge on any atom is 0.310 e. The van der Waals surface area contributed by atoms with Gasteiger partial charge in [-0.05, 0) is 46.3 Å². The number of nitrogens with two attached hydrogens (primary N) is 2. The third-order valence-electron chi connectivity index (χ3n) is 6.21.